The fraction of sp³-hybridized carbons (Fsp3) is 0.188. The molecule has 3 aromatic rings. The van der Waals surface area contributed by atoms with Gasteiger partial charge in [-0.1, -0.05) is 35.6 Å². The van der Waals surface area contributed by atoms with Gasteiger partial charge in [0.05, 0.1) is 10.2 Å². The predicted octanol–water partition coefficient (Wildman–Crippen LogP) is 3.69. The van der Waals surface area contributed by atoms with E-state index >= 15 is 0 Å². The molecular weight excluding hydrogens is 266 g/mol. The lowest BCUT2D eigenvalue weighted by molar-refractivity contribution is 0.645. The molecule has 1 aliphatic heterocycles. The number of hydrogen-bond acceptors (Lipinski definition) is 4. The molecule has 4 heteroatoms. The van der Waals surface area contributed by atoms with Crippen molar-refractivity contribution < 1.29 is 0 Å². The SMILES string of the molecule is c1cc2c(c(Nc3nc4ccccc4s3)c1)CCNC2. The van der Waals surface area contributed by atoms with Crippen LogP contribution in [0.2, 0.25) is 0 Å². The Balaban J connectivity index is 1.72. The van der Waals surface area contributed by atoms with Crippen LogP contribution in [0.15, 0.2) is 42.5 Å². The Morgan fingerprint density at radius 1 is 1.10 bits per heavy atom. The van der Waals surface area contributed by atoms with Crippen molar-refractivity contribution in [3.8, 4) is 0 Å². The Morgan fingerprint density at radius 2 is 2.05 bits per heavy atom. The maximum absolute atomic E-state index is 4.65. The van der Waals surface area contributed by atoms with E-state index in [4.69, 9.17) is 0 Å². The topological polar surface area (TPSA) is 37.0 Å². The van der Waals surface area contributed by atoms with Crippen LogP contribution in [0.25, 0.3) is 10.2 Å². The minimum atomic E-state index is 0.963. The summed E-state index contributed by atoms with van der Waals surface area (Å²) in [6.45, 7) is 2.01. The van der Waals surface area contributed by atoms with Crippen molar-refractivity contribution in [3.63, 3.8) is 0 Å². The van der Waals surface area contributed by atoms with Gasteiger partial charge >= 0.3 is 0 Å². The molecule has 100 valence electrons. The summed E-state index contributed by atoms with van der Waals surface area (Å²) in [6.07, 6.45) is 1.07. The molecule has 0 radical (unpaired) electrons. The Labute approximate surface area is 121 Å². The number of nitrogens with one attached hydrogen (secondary N) is 2. The number of aromatic nitrogens is 1. The van der Waals surface area contributed by atoms with Crippen LogP contribution in [-0.4, -0.2) is 11.5 Å². The number of nitrogens with zero attached hydrogens (tertiary/aromatic N) is 1. The second-order valence-corrected chi connectivity index (χ2v) is 6.01. The first kappa shape index (κ1) is 11.9. The molecule has 3 nitrogen and oxygen atoms in total. The largest absolute Gasteiger partial charge is 0.331 e. The van der Waals surface area contributed by atoms with Gasteiger partial charge in [-0.2, -0.15) is 0 Å². The van der Waals surface area contributed by atoms with Crippen LogP contribution >= 0.6 is 11.3 Å². The summed E-state index contributed by atoms with van der Waals surface area (Å²) in [4.78, 5) is 4.65. The first-order valence-corrected chi connectivity index (χ1v) is 7.66. The van der Waals surface area contributed by atoms with E-state index in [1.54, 1.807) is 11.3 Å². The highest BCUT2D eigenvalue weighted by Crippen LogP contribution is 2.31. The Hall–Kier alpha value is -1.91. The summed E-state index contributed by atoms with van der Waals surface area (Å²) >= 11 is 1.70. The van der Waals surface area contributed by atoms with Gasteiger partial charge in [0.1, 0.15) is 0 Å². The van der Waals surface area contributed by atoms with E-state index in [2.05, 4.69) is 52.0 Å². The number of rotatable bonds is 2. The van der Waals surface area contributed by atoms with Gasteiger partial charge in [0.2, 0.25) is 0 Å². The van der Waals surface area contributed by atoms with Crippen LogP contribution in [-0.2, 0) is 13.0 Å². The summed E-state index contributed by atoms with van der Waals surface area (Å²) in [5, 5.41) is 7.88. The number of fused-ring (bicyclic) bond motifs is 2. The van der Waals surface area contributed by atoms with E-state index < -0.39 is 0 Å². The second-order valence-electron chi connectivity index (χ2n) is 4.98. The van der Waals surface area contributed by atoms with Crippen molar-refractivity contribution in [1.29, 1.82) is 0 Å². The number of benzene rings is 2. The third kappa shape index (κ3) is 2.07. The van der Waals surface area contributed by atoms with Gasteiger partial charge in [0.25, 0.3) is 0 Å². The zero-order valence-electron chi connectivity index (χ0n) is 11.0. The Kier molecular flexibility index (Phi) is 2.90. The van der Waals surface area contributed by atoms with Gasteiger partial charge in [0.15, 0.2) is 5.13 Å². The summed E-state index contributed by atoms with van der Waals surface area (Å²) < 4.78 is 1.22. The lowest BCUT2D eigenvalue weighted by atomic mass is 9.99. The molecule has 0 fully saturated rings. The van der Waals surface area contributed by atoms with Crippen LogP contribution < -0.4 is 10.6 Å². The highest BCUT2D eigenvalue weighted by molar-refractivity contribution is 7.22. The molecule has 0 amide bonds. The summed E-state index contributed by atoms with van der Waals surface area (Å²) in [7, 11) is 0. The van der Waals surface area contributed by atoms with Crippen molar-refractivity contribution in [3.05, 3.63) is 53.6 Å². The molecule has 1 aliphatic rings. The number of hydrogen-bond donors (Lipinski definition) is 2. The highest BCUT2D eigenvalue weighted by atomic mass is 32.1. The molecule has 2 aromatic carbocycles. The number of anilines is 2. The van der Waals surface area contributed by atoms with E-state index in [0.29, 0.717) is 0 Å². The molecular formula is C16H15N3S. The lowest BCUT2D eigenvalue weighted by Crippen LogP contribution is -2.24. The van der Waals surface area contributed by atoms with Crippen molar-refractivity contribution in [2.45, 2.75) is 13.0 Å². The summed E-state index contributed by atoms with van der Waals surface area (Å²) in [6, 6.07) is 14.7. The van der Waals surface area contributed by atoms with Crippen molar-refractivity contribution in [1.82, 2.24) is 10.3 Å². The maximum Gasteiger partial charge on any atom is 0.188 e. The monoisotopic (exact) mass is 281 g/mol. The van der Waals surface area contributed by atoms with E-state index in [1.165, 1.54) is 21.5 Å². The molecule has 0 spiro atoms. The van der Waals surface area contributed by atoms with Crippen LogP contribution in [0.3, 0.4) is 0 Å². The van der Waals surface area contributed by atoms with E-state index in [9.17, 15) is 0 Å². The molecule has 2 N–H and O–H groups in total. The first-order chi connectivity index (χ1) is 9.90. The van der Waals surface area contributed by atoms with Crippen LogP contribution in [0.5, 0.6) is 0 Å². The average Bonchev–Trinajstić information content (AvgIpc) is 2.90. The van der Waals surface area contributed by atoms with Crippen molar-refractivity contribution in [2.75, 3.05) is 11.9 Å². The van der Waals surface area contributed by atoms with Crippen molar-refractivity contribution >= 4 is 32.4 Å². The van der Waals surface area contributed by atoms with Crippen LogP contribution in [0, 0.1) is 0 Å². The fourth-order valence-corrected chi connectivity index (χ4v) is 3.57. The molecule has 1 aromatic heterocycles. The molecule has 0 saturated carbocycles. The second kappa shape index (κ2) is 4.89. The highest BCUT2D eigenvalue weighted by Gasteiger charge is 2.13. The minimum Gasteiger partial charge on any atom is -0.331 e. The predicted molar refractivity (Wildman–Crippen MR) is 84.8 cm³/mol. The summed E-state index contributed by atoms with van der Waals surface area (Å²) in [5.74, 6) is 0. The molecule has 0 bridgehead atoms. The van der Waals surface area contributed by atoms with Gasteiger partial charge in [-0.15, -0.1) is 0 Å². The van der Waals surface area contributed by atoms with Crippen molar-refractivity contribution in [2.24, 2.45) is 0 Å². The lowest BCUT2D eigenvalue weighted by Gasteiger charge is -2.20. The average molecular weight is 281 g/mol. The van der Waals surface area contributed by atoms with Crippen LogP contribution in [0.4, 0.5) is 10.8 Å². The van der Waals surface area contributed by atoms with Crippen LogP contribution in [0.1, 0.15) is 11.1 Å². The summed E-state index contributed by atoms with van der Waals surface area (Å²) in [5.41, 5.74) is 5.07. The standard InChI is InChI=1S/C16H15N3S/c1-2-7-15-14(5-1)19-16(20-15)18-13-6-3-4-11-10-17-9-8-12(11)13/h1-7,17H,8-10H2,(H,18,19). The quantitative estimate of drug-likeness (QED) is 0.752. The first-order valence-electron chi connectivity index (χ1n) is 6.84. The molecule has 0 unspecified atom stereocenters. The smallest absolute Gasteiger partial charge is 0.188 e. The molecule has 0 aliphatic carbocycles. The number of thiazole rings is 1. The fourth-order valence-electron chi connectivity index (χ4n) is 2.69. The normalized spacial score (nSPS) is 14.2. The molecule has 4 rings (SSSR count). The van der Waals surface area contributed by atoms with Gasteiger partial charge in [-0.25, -0.2) is 4.98 Å². The van der Waals surface area contributed by atoms with Gasteiger partial charge in [-0.05, 0) is 42.3 Å². The molecule has 20 heavy (non-hydrogen) atoms. The third-order valence-electron chi connectivity index (χ3n) is 3.68. The van der Waals surface area contributed by atoms with E-state index in [0.717, 1.165) is 30.2 Å². The van der Waals surface area contributed by atoms with E-state index in [1.807, 2.05) is 6.07 Å². The van der Waals surface area contributed by atoms with Gasteiger partial charge in [0, 0.05) is 12.2 Å². The third-order valence-corrected chi connectivity index (χ3v) is 4.63. The minimum absolute atomic E-state index is 0.963. The maximum atomic E-state index is 4.65. The van der Waals surface area contributed by atoms with E-state index in [-0.39, 0.29) is 0 Å². The van der Waals surface area contributed by atoms with Gasteiger partial charge in [-0.3, -0.25) is 0 Å². The number of para-hydroxylation sites is 1. The van der Waals surface area contributed by atoms with Gasteiger partial charge < -0.3 is 10.6 Å². The Morgan fingerprint density at radius 3 is 3.00 bits per heavy atom. The Bertz CT molecular complexity index is 730. The molecule has 0 saturated heterocycles. The zero-order valence-corrected chi connectivity index (χ0v) is 11.8. The molecule has 2 heterocycles. The molecule has 0 atom stereocenters. The zero-order chi connectivity index (χ0) is 13.4.